The molecule has 0 saturated carbocycles. The third kappa shape index (κ3) is 6.62. The van der Waals surface area contributed by atoms with Crippen LogP contribution in [0.4, 0.5) is 0 Å². The zero-order valence-electron chi connectivity index (χ0n) is 20.0. The van der Waals surface area contributed by atoms with Gasteiger partial charge < -0.3 is 25.4 Å². The second-order valence-electron chi connectivity index (χ2n) is 8.51. The number of aliphatic carboxylic acids is 2. The molecule has 0 aliphatic heterocycles. The number of fused-ring (bicyclic) bond motifs is 1. The summed E-state index contributed by atoms with van der Waals surface area (Å²) in [5.41, 5.74) is 10.9. The molecule has 8 nitrogen and oxygen atoms in total. The normalized spacial score (nSPS) is 15.3. The summed E-state index contributed by atoms with van der Waals surface area (Å²) >= 11 is 0. The Hall–Kier alpha value is -4.35. The summed E-state index contributed by atoms with van der Waals surface area (Å²) in [6.45, 7) is 3.75. The highest BCUT2D eigenvalue weighted by Gasteiger charge is 2.38. The van der Waals surface area contributed by atoms with Gasteiger partial charge in [0.15, 0.2) is 0 Å². The molecule has 0 bridgehead atoms. The van der Waals surface area contributed by atoms with Crippen molar-refractivity contribution in [2.45, 2.75) is 44.9 Å². The number of hydrogen-bond donors (Lipinski definition) is 3. The van der Waals surface area contributed by atoms with E-state index >= 15 is 0 Å². The Morgan fingerprint density at radius 1 is 0.889 bits per heavy atom. The van der Waals surface area contributed by atoms with Crippen molar-refractivity contribution in [1.82, 2.24) is 0 Å². The van der Waals surface area contributed by atoms with Crippen molar-refractivity contribution in [1.29, 1.82) is 5.26 Å². The van der Waals surface area contributed by atoms with Gasteiger partial charge in [-0.2, -0.15) is 5.26 Å². The lowest BCUT2D eigenvalue weighted by atomic mass is 10.0. The van der Waals surface area contributed by atoms with E-state index in [1.807, 2.05) is 32.0 Å². The maximum absolute atomic E-state index is 11.5. The van der Waals surface area contributed by atoms with Crippen molar-refractivity contribution in [3.63, 3.8) is 0 Å². The Bertz CT molecular complexity index is 1190. The van der Waals surface area contributed by atoms with Crippen LogP contribution >= 0.6 is 0 Å². The maximum atomic E-state index is 11.5. The van der Waals surface area contributed by atoms with Gasteiger partial charge in [0.05, 0.1) is 11.6 Å². The van der Waals surface area contributed by atoms with E-state index in [0.29, 0.717) is 0 Å². The van der Waals surface area contributed by atoms with Gasteiger partial charge in [0.1, 0.15) is 11.5 Å². The van der Waals surface area contributed by atoms with Crippen molar-refractivity contribution in [3.05, 3.63) is 94.5 Å². The summed E-state index contributed by atoms with van der Waals surface area (Å²) in [5, 5.41) is 27.5. The lowest BCUT2D eigenvalue weighted by molar-refractivity contribution is -0.161. The standard InChI is InChI=1S/C18H18O6.C10H10N2/c1-11-3-7-13(8-4-11)23-15(17(19)20)16(18(21)22)24-14-9-5-12(2)6-10-14;11-6-7-2-1-3-9-8(7)4-5-10(9)12/h3-10,15-16H,1-2H3,(H,19,20)(H,21,22);1-3,10H,4-5,12H2/t15-,16-;10-/m10/s1. The molecule has 0 radical (unpaired) electrons. The summed E-state index contributed by atoms with van der Waals surface area (Å²) in [5.74, 6) is -2.33. The molecule has 8 heteroatoms. The number of nitrogens with zero attached hydrogens (tertiary/aromatic N) is 1. The van der Waals surface area contributed by atoms with E-state index in [4.69, 9.17) is 20.5 Å². The third-order valence-corrected chi connectivity index (χ3v) is 5.77. The maximum Gasteiger partial charge on any atom is 0.349 e. The number of carbonyl (C=O) groups is 2. The predicted octanol–water partition coefficient (Wildman–Crippen LogP) is 4.17. The van der Waals surface area contributed by atoms with Crippen LogP contribution in [0.15, 0.2) is 66.7 Å². The Balaban J connectivity index is 0.000000249. The summed E-state index contributed by atoms with van der Waals surface area (Å²) in [4.78, 5) is 23.0. The fraction of sp³-hybridized carbons (Fsp3) is 0.250. The van der Waals surface area contributed by atoms with Crippen molar-refractivity contribution < 1.29 is 29.3 Å². The number of benzene rings is 3. The highest BCUT2D eigenvalue weighted by molar-refractivity contribution is 5.84. The molecule has 4 rings (SSSR count). The quantitative estimate of drug-likeness (QED) is 0.450. The molecule has 0 fully saturated rings. The van der Waals surface area contributed by atoms with E-state index < -0.39 is 24.1 Å². The predicted molar refractivity (Wildman–Crippen MR) is 133 cm³/mol. The summed E-state index contributed by atoms with van der Waals surface area (Å²) in [6, 6.07) is 21.4. The number of aryl methyl sites for hydroxylation is 2. The molecule has 1 aliphatic carbocycles. The van der Waals surface area contributed by atoms with Gasteiger partial charge in [-0.15, -0.1) is 0 Å². The van der Waals surface area contributed by atoms with Crippen LogP contribution in [0.2, 0.25) is 0 Å². The number of hydrogen-bond acceptors (Lipinski definition) is 6. The molecule has 0 spiro atoms. The molecule has 0 heterocycles. The van der Waals surface area contributed by atoms with E-state index in [9.17, 15) is 19.8 Å². The van der Waals surface area contributed by atoms with Gasteiger partial charge in [-0.1, -0.05) is 47.5 Å². The fourth-order valence-electron chi connectivity index (χ4n) is 3.80. The van der Waals surface area contributed by atoms with Gasteiger partial charge in [-0.3, -0.25) is 0 Å². The molecule has 3 atom stereocenters. The molecule has 3 aromatic rings. The first kappa shape index (κ1) is 26.3. The van der Waals surface area contributed by atoms with Crippen molar-refractivity contribution >= 4 is 11.9 Å². The minimum absolute atomic E-state index is 0.147. The Kier molecular flexibility index (Phi) is 8.66. The molecule has 0 unspecified atom stereocenters. The van der Waals surface area contributed by atoms with E-state index in [2.05, 4.69) is 6.07 Å². The first-order valence-corrected chi connectivity index (χ1v) is 11.4. The van der Waals surface area contributed by atoms with Crippen molar-refractivity contribution in [2.75, 3.05) is 0 Å². The molecule has 0 amide bonds. The average Bonchev–Trinajstić information content (AvgIpc) is 3.24. The molecular formula is C28H28N2O6. The van der Waals surface area contributed by atoms with E-state index in [1.54, 1.807) is 48.5 Å². The first-order valence-electron chi connectivity index (χ1n) is 11.4. The van der Waals surface area contributed by atoms with Gasteiger partial charge >= 0.3 is 11.9 Å². The third-order valence-electron chi connectivity index (χ3n) is 5.77. The molecule has 4 N–H and O–H groups in total. The Labute approximate surface area is 209 Å². The Morgan fingerprint density at radius 2 is 1.36 bits per heavy atom. The van der Waals surface area contributed by atoms with Crippen LogP contribution in [0.25, 0.3) is 0 Å². The highest BCUT2D eigenvalue weighted by atomic mass is 16.6. The van der Waals surface area contributed by atoms with Gasteiger partial charge in [0.2, 0.25) is 12.2 Å². The van der Waals surface area contributed by atoms with Gasteiger partial charge in [-0.25, -0.2) is 9.59 Å². The van der Waals surface area contributed by atoms with Crippen LogP contribution in [-0.2, 0) is 16.0 Å². The number of ether oxygens (including phenoxy) is 2. The zero-order valence-corrected chi connectivity index (χ0v) is 20.0. The van der Waals surface area contributed by atoms with Crippen LogP contribution < -0.4 is 15.2 Å². The number of rotatable bonds is 7. The molecule has 0 aromatic heterocycles. The molecular weight excluding hydrogens is 460 g/mol. The smallest absolute Gasteiger partial charge is 0.349 e. The van der Waals surface area contributed by atoms with Gasteiger partial charge in [0, 0.05) is 6.04 Å². The van der Waals surface area contributed by atoms with Gasteiger partial charge in [-0.05, 0) is 68.1 Å². The van der Waals surface area contributed by atoms with Gasteiger partial charge in [0.25, 0.3) is 0 Å². The minimum Gasteiger partial charge on any atom is -0.478 e. The fourth-order valence-corrected chi connectivity index (χ4v) is 3.80. The zero-order chi connectivity index (χ0) is 26.2. The minimum atomic E-state index is -1.69. The van der Waals surface area contributed by atoms with Crippen LogP contribution in [0.5, 0.6) is 11.5 Å². The first-order chi connectivity index (χ1) is 17.2. The summed E-state index contributed by atoms with van der Waals surface area (Å²) < 4.78 is 10.7. The van der Waals surface area contributed by atoms with Crippen molar-refractivity contribution in [2.24, 2.45) is 5.73 Å². The topological polar surface area (TPSA) is 143 Å². The van der Waals surface area contributed by atoms with Crippen LogP contribution in [0, 0.1) is 25.2 Å². The monoisotopic (exact) mass is 488 g/mol. The van der Waals surface area contributed by atoms with E-state index in [-0.39, 0.29) is 17.5 Å². The molecule has 3 aromatic carbocycles. The van der Waals surface area contributed by atoms with Crippen LogP contribution in [0.3, 0.4) is 0 Å². The van der Waals surface area contributed by atoms with Crippen molar-refractivity contribution in [3.8, 4) is 17.6 Å². The average molecular weight is 489 g/mol. The number of nitrogens with two attached hydrogens (primary N) is 1. The SMILES string of the molecule is Cc1ccc(O[C@@H](C(=O)O)[C@@H](Oc2ccc(C)cc2)C(=O)O)cc1.N#Cc1cccc2c1CC[C@@H]2N. The number of carboxylic acid groups (broad SMARTS) is 2. The largest absolute Gasteiger partial charge is 0.478 e. The summed E-state index contributed by atoms with van der Waals surface area (Å²) in [7, 11) is 0. The van der Waals surface area contributed by atoms with E-state index in [1.165, 1.54) is 0 Å². The summed E-state index contributed by atoms with van der Waals surface area (Å²) in [6.07, 6.45) is -1.44. The van der Waals surface area contributed by atoms with Crippen LogP contribution in [-0.4, -0.2) is 34.4 Å². The molecule has 0 saturated heterocycles. The lowest BCUT2D eigenvalue weighted by Crippen LogP contribution is -2.47. The second kappa shape index (κ2) is 11.9. The van der Waals surface area contributed by atoms with E-state index in [0.717, 1.165) is 40.7 Å². The van der Waals surface area contributed by atoms with Crippen LogP contribution in [0.1, 0.15) is 40.3 Å². The molecule has 186 valence electrons. The molecule has 1 aliphatic rings. The second-order valence-corrected chi connectivity index (χ2v) is 8.51. The number of nitriles is 1. The highest BCUT2D eigenvalue weighted by Crippen LogP contribution is 2.31. The Morgan fingerprint density at radius 3 is 1.78 bits per heavy atom. The lowest BCUT2D eigenvalue weighted by Gasteiger charge is -2.22. The number of carboxylic acids is 2. The molecule has 36 heavy (non-hydrogen) atoms.